The number of aromatic nitrogens is 2. The van der Waals surface area contributed by atoms with Gasteiger partial charge in [0, 0.05) is 23.0 Å². The maximum atomic E-state index is 13.2. The van der Waals surface area contributed by atoms with Gasteiger partial charge < -0.3 is 5.11 Å². The van der Waals surface area contributed by atoms with Gasteiger partial charge in [-0.2, -0.15) is 0 Å². The summed E-state index contributed by atoms with van der Waals surface area (Å²) in [6.07, 6.45) is 0.431. The van der Waals surface area contributed by atoms with Crippen molar-refractivity contribution in [3.8, 4) is 11.1 Å². The van der Waals surface area contributed by atoms with Crippen LogP contribution >= 0.6 is 0 Å². The third-order valence-corrected chi connectivity index (χ3v) is 6.37. The van der Waals surface area contributed by atoms with Crippen molar-refractivity contribution < 1.29 is 18.3 Å². The monoisotopic (exact) mass is 407 g/mol. The van der Waals surface area contributed by atoms with Crippen molar-refractivity contribution in [2.75, 3.05) is 5.32 Å². The van der Waals surface area contributed by atoms with Crippen molar-refractivity contribution in [2.24, 2.45) is 0 Å². The van der Waals surface area contributed by atoms with Crippen molar-refractivity contribution >= 4 is 32.8 Å². The van der Waals surface area contributed by atoms with E-state index in [9.17, 15) is 13.2 Å². The molecular weight excluding hydrogens is 390 g/mol. The molecule has 0 aliphatic rings. The average Bonchev–Trinajstić information content (AvgIpc) is 3.05. The number of hydrogen-bond donors (Lipinski definition) is 2. The molecule has 0 aliphatic carbocycles. The minimum Gasteiger partial charge on any atom is -0.465 e. The van der Waals surface area contributed by atoms with Gasteiger partial charge in [0.2, 0.25) is 0 Å². The molecule has 4 rings (SSSR count). The number of amides is 1. The molecule has 4 aromatic rings. The van der Waals surface area contributed by atoms with Crippen molar-refractivity contribution in [1.82, 2.24) is 8.96 Å². The summed E-state index contributed by atoms with van der Waals surface area (Å²) in [7, 11) is -3.79. The minimum atomic E-state index is -3.79. The number of fused-ring (bicyclic) bond motifs is 1. The zero-order valence-electron chi connectivity index (χ0n) is 15.4. The molecule has 0 unspecified atom stereocenters. The largest absolute Gasteiger partial charge is 0.465 e. The number of carboxylic acid groups (broad SMARTS) is 1. The molecule has 2 aromatic heterocycles. The molecule has 2 N–H and O–H groups in total. The lowest BCUT2D eigenvalue weighted by Gasteiger charge is -2.10. The molecule has 8 heteroatoms. The molecule has 0 radical (unpaired) electrons. The Labute approximate surface area is 167 Å². The van der Waals surface area contributed by atoms with Crippen LogP contribution in [0.15, 0.2) is 77.8 Å². The number of rotatable bonds is 4. The number of anilines is 1. The van der Waals surface area contributed by atoms with Gasteiger partial charge in [-0.1, -0.05) is 30.3 Å². The third kappa shape index (κ3) is 3.34. The summed E-state index contributed by atoms with van der Waals surface area (Å²) in [6.45, 7) is 1.73. The Balaban J connectivity index is 1.86. The smallest absolute Gasteiger partial charge is 0.409 e. The van der Waals surface area contributed by atoms with E-state index < -0.39 is 16.1 Å². The van der Waals surface area contributed by atoms with E-state index >= 15 is 0 Å². The Morgan fingerprint density at radius 3 is 2.38 bits per heavy atom. The first kappa shape index (κ1) is 18.7. The second kappa shape index (κ2) is 7.06. The number of pyridine rings is 1. The van der Waals surface area contributed by atoms with E-state index in [2.05, 4.69) is 10.3 Å². The number of aryl methyl sites for hydroxylation is 1. The molecule has 0 saturated carbocycles. The van der Waals surface area contributed by atoms with Gasteiger partial charge in [-0.15, -0.1) is 0 Å². The predicted molar refractivity (Wildman–Crippen MR) is 111 cm³/mol. The van der Waals surface area contributed by atoms with Gasteiger partial charge in [0.15, 0.2) is 5.65 Å². The Bertz CT molecular complexity index is 1310. The van der Waals surface area contributed by atoms with Gasteiger partial charge in [0.1, 0.15) is 0 Å². The van der Waals surface area contributed by atoms with E-state index in [1.165, 1.54) is 3.97 Å². The van der Waals surface area contributed by atoms with Crippen LogP contribution in [0.25, 0.3) is 22.2 Å². The van der Waals surface area contributed by atoms with Crippen molar-refractivity contribution in [1.29, 1.82) is 0 Å². The van der Waals surface area contributed by atoms with Gasteiger partial charge >= 0.3 is 6.09 Å². The summed E-state index contributed by atoms with van der Waals surface area (Å²) < 4.78 is 27.6. The highest BCUT2D eigenvalue weighted by Crippen LogP contribution is 2.32. The van der Waals surface area contributed by atoms with E-state index in [0.29, 0.717) is 22.4 Å². The summed E-state index contributed by atoms with van der Waals surface area (Å²) in [5, 5.41) is 11.8. The maximum absolute atomic E-state index is 13.2. The average molecular weight is 407 g/mol. The molecule has 0 aliphatic heterocycles. The van der Waals surface area contributed by atoms with E-state index in [1.54, 1.807) is 79.9 Å². The van der Waals surface area contributed by atoms with Crippen molar-refractivity contribution in [3.63, 3.8) is 0 Å². The van der Waals surface area contributed by atoms with Gasteiger partial charge in [-0.05, 0) is 54.4 Å². The number of benzene rings is 2. The molecular formula is C21H17N3O4S. The van der Waals surface area contributed by atoms with Crippen molar-refractivity contribution in [2.45, 2.75) is 11.8 Å². The molecule has 2 heterocycles. The molecule has 1 amide bonds. The summed E-state index contributed by atoms with van der Waals surface area (Å²) >= 11 is 0. The van der Waals surface area contributed by atoms with Crippen LogP contribution in [0.3, 0.4) is 0 Å². The minimum absolute atomic E-state index is 0.192. The first-order valence-electron chi connectivity index (χ1n) is 8.76. The topological polar surface area (TPSA) is 101 Å². The zero-order valence-corrected chi connectivity index (χ0v) is 16.2. The number of carbonyl (C=O) groups is 1. The first-order chi connectivity index (χ1) is 13.9. The van der Waals surface area contributed by atoms with Crippen LogP contribution in [0.1, 0.15) is 5.69 Å². The number of nitrogens with zero attached hydrogens (tertiary/aromatic N) is 2. The molecule has 7 nitrogen and oxygen atoms in total. The van der Waals surface area contributed by atoms with Gasteiger partial charge in [0.05, 0.1) is 4.90 Å². The lowest BCUT2D eigenvalue weighted by molar-refractivity contribution is 0.209. The maximum Gasteiger partial charge on any atom is 0.409 e. The fourth-order valence-corrected chi connectivity index (χ4v) is 4.83. The Morgan fingerprint density at radius 2 is 1.72 bits per heavy atom. The predicted octanol–water partition coefficient (Wildman–Crippen LogP) is 4.34. The van der Waals surface area contributed by atoms with Crippen LogP contribution in [0.4, 0.5) is 10.5 Å². The highest BCUT2D eigenvalue weighted by Gasteiger charge is 2.23. The first-order valence-corrected chi connectivity index (χ1v) is 10.2. The quantitative estimate of drug-likeness (QED) is 0.524. The summed E-state index contributed by atoms with van der Waals surface area (Å²) in [4.78, 5) is 15.3. The van der Waals surface area contributed by atoms with Crippen LogP contribution in [-0.4, -0.2) is 28.6 Å². The van der Waals surface area contributed by atoms with Gasteiger partial charge in [-0.25, -0.2) is 22.2 Å². The Morgan fingerprint density at radius 1 is 1.03 bits per heavy atom. The molecule has 0 fully saturated rings. The molecule has 0 atom stereocenters. The van der Waals surface area contributed by atoms with Crippen LogP contribution in [0, 0.1) is 6.92 Å². The number of nitrogens with one attached hydrogen (secondary N) is 1. The summed E-state index contributed by atoms with van der Waals surface area (Å²) in [5.41, 5.74) is 2.97. The number of hydrogen-bond acceptors (Lipinski definition) is 4. The lowest BCUT2D eigenvalue weighted by atomic mass is 10.0. The van der Waals surface area contributed by atoms with Crippen LogP contribution in [-0.2, 0) is 10.0 Å². The van der Waals surface area contributed by atoms with E-state index in [1.807, 2.05) is 0 Å². The van der Waals surface area contributed by atoms with Gasteiger partial charge in [-0.3, -0.25) is 5.32 Å². The third-order valence-electron chi connectivity index (χ3n) is 4.56. The zero-order chi connectivity index (χ0) is 20.6. The molecule has 29 heavy (non-hydrogen) atoms. The van der Waals surface area contributed by atoms with Crippen LogP contribution in [0.5, 0.6) is 0 Å². The fourth-order valence-electron chi connectivity index (χ4n) is 3.31. The van der Waals surface area contributed by atoms with Crippen LogP contribution in [0.2, 0.25) is 0 Å². The highest BCUT2D eigenvalue weighted by molar-refractivity contribution is 7.90. The fraction of sp³-hybridized carbons (Fsp3) is 0.0476. The Hall–Kier alpha value is -3.65. The highest BCUT2D eigenvalue weighted by atomic mass is 32.2. The van der Waals surface area contributed by atoms with E-state index in [0.717, 1.165) is 11.1 Å². The SMILES string of the molecule is Cc1cc2c(-c3ccc(NC(=O)O)cc3)ccnc2n1S(=O)(=O)c1ccccc1. The lowest BCUT2D eigenvalue weighted by Crippen LogP contribution is -2.14. The molecule has 0 bridgehead atoms. The summed E-state index contributed by atoms with van der Waals surface area (Å²) in [6, 6.07) is 18.7. The van der Waals surface area contributed by atoms with E-state index in [4.69, 9.17) is 5.11 Å². The molecule has 0 spiro atoms. The van der Waals surface area contributed by atoms with E-state index in [-0.39, 0.29) is 4.90 Å². The second-order valence-electron chi connectivity index (χ2n) is 6.47. The standard InChI is InChI=1S/C21H17N3O4S/c1-14-13-19-18(15-7-9-16(10-8-15)23-21(25)26)11-12-22-20(19)24(14)29(27,28)17-5-3-2-4-6-17/h2-13,23H,1H3,(H,25,26). The second-order valence-corrected chi connectivity index (χ2v) is 8.26. The normalized spacial score (nSPS) is 11.5. The molecule has 0 saturated heterocycles. The summed E-state index contributed by atoms with van der Waals surface area (Å²) in [5.74, 6) is 0. The molecule has 146 valence electrons. The van der Waals surface area contributed by atoms with Crippen LogP contribution < -0.4 is 5.32 Å². The Kier molecular flexibility index (Phi) is 4.56. The van der Waals surface area contributed by atoms with Gasteiger partial charge in [0.25, 0.3) is 10.0 Å². The molecule has 2 aromatic carbocycles. The van der Waals surface area contributed by atoms with Crippen molar-refractivity contribution in [3.05, 3.63) is 78.6 Å².